The first kappa shape index (κ1) is 21.6. The molecule has 2 amide bonds. The van der Waals surface area contributed by atoms with E-state index in [1.54, 1.807) is 24.3 Å². The number of carbonyl (C=O) groups is 2. The number of rotatable bonds is 7. The van der Waals surface area contributed by atoms with Crippen molar-refractivity contribution in [2.24, 2.45) is 0 Å². The van der Waals surface area contributed by atoms with Gasteiger partial charge in [0.1, 0.15) is 5.82 Å². The normalized spacial score (nSPS) is 15.3. The zero-order valence-corrected chi connectivity index (χ0v) is 18.9. The lowest BCUT2D eigenvalue weighted by molar-refractivity contribution is -0.123. The highest BCUT2D eigenvalue weighted by molar-refractivity contribution is 14.1. The van der Waals surface area contributed by atoms with Crippen molar-refractivity contribution in [3.05, 3.63) is 61.8 Å². The molecule has 0 spiro atoms. The van der Waals surface area contributed by atoms with Crippen molar-refractivity contribution in [3.8, 4) is 11.5 Å². The standard InChI is InChI=1S/C21H19FINO4S/c1-3-27-17-10-14(9-16(23)19(17)28-4-2)11-18-20(25)24(21(26)29-18)12-13-5-7-15(22)8-6-13/h5-11H,3-4,12H2,1-2H3/b18-11-. The summed E-state index contributed by atoms with van der Waals surface area (Å²) in [5.74, 6) is 0.527. The van der Waals surface area contributed by atoms with E-state index in [0.717, 1.165) is 25.8 Å². The summed E-state index contributed by atoms with van der Waals surface area (Å²) in [6.45, 7) is 4.88. The molecule has 3 rings (SSSR count). The zero-order valence-electron chi connectivity index (χ0n) is 15.9. The van der Waals surface area contributed by atoms with Gasteiger partial charge in [-0.05, 0) is 89.7 Å². The second kappa shape index (κ2) is 9.62. The van der Waals surface area contributed by atoms with Gasteiger partial charge in [0.15, 0.2) is 11.5 Å². The summed E-state index contributed by atoms with van der Waals surface area (Å²) < 4.78 is 25.3. The molecular weight excluding hydrogens is 508 g/mol. The first-order valence-electron chi connectivity index (χ1n) is 9.01. The van der Waals surface area contributed by atoms with Crippen LogP contribution in [-0.4, -0.2) is 29.3 Å². The van der Waals surface area contributed by atoms with Crippen LogP contribution in [0.5, 0.6) is 11.5 Å². The van der Waals surface area contributed by atoms with E-state index in [4.69, 9.17) is 9.47 Å². The van der Waals surface area contributed by atoms with Crippen molar-refractivity contribution in [3.63, 3.8) is 0 Å². The molecule has 5 nitrogen and oxygen atoms in total. The molecule has 0 aliphatic carbocycles. The minimum atomic E-state index is -0.369. The quantitative estimate of drug-likeness (QED) is 0.354. The predicted molar refractivity (Wildman–Crippen MR) is 119 cm³/mol. The van der Waals surface area contributed by atoms with Crippen molar-refractivity contribution in [2.45, 2.75) is 20.4 Å². The SMILES string of the molecule is CCOc1cc(/C=C2\SC(=O)N(Cc3ccc(F)cc3)C2=O)cc(I)c1OCC. The molecule has 1 fully saturated rings. The van der Waals surface area contributed by atoms with Crippen LogP contribution >= 0.6 is 34.4 Å². The van der Waals surface area contributed by atoms with E-state index in [1.165, 1.54) is 12.1 Å². The number of imide groups is 1. The van der Waals surface area contributed by atoms with Gasteiger partial charge in [-0.2, -0.15) is 0 Å². The molecular formula is C21H19FINO4S. The Bertz CT molecular complexity index is 962. The third kappa shape index (κ3) is 5.11. The molecule has 2 aromatic carbocycles. The Hall–Kier alpha value is -2.07. The van der Waals surface area contributed by atoms with E-state index in [-0.39, 0.29) is 23.5 Å². The van der Waals surface area contributed by atoms with Gasteiger partial charge < -0.3 is 9.47 Å². The Morgan fingerprint density at radius 3 is 2.45 bits per heavy atom. The van der Waals surface area contributed by atoms with Crippen LogP contribution < -0.4 is 9.47 Å². The number of carbonyl (C=O) groups excluding carboxylic acids is 2. The van der Waals surface area contributed by atoms with Gasteiger partial charge in [0, 0.05) is 0 Å². The summed E-state index contributed by atoms with van der Waals surface area (Å²) in [7, 11) is 0. The maximum Gasteiger partial charge on any atom is 0.293 e. The van der Waals surface area contributed by atoms with Crippen molar-refractivity contribution >= 4 is 51.6 Å². The van der Waals surface area contributed by atoms with Crippen LogP contribution in [0.15, 0.2) is 41.3 Å². The van der Waals surface area contributed by atoms with Crippen LogP contribution in [0.3, 0.4) is 0 Å². The molecule has 2 aromatic rings. The first-order chi connectivity index (χ1) is 13.9. The number of ether oxygens (including phenoxy) is 2. The van der Waals surface area contributed by atoms with Gasteiger partial charge in [-0.3, -0.25) is 14.5 Å². The molecule has 0 bridgehead atoms. The summed E-state index contributed by atoms with van der Waals surface area (Å²) in [4.78, 5) is 26.6. The fourth-order valence-corrected chi connectivity index (χ4v) is 4.40. The van der Waals surface area contributed by atoms with Crippen molar-refractivity contribution < 1.29 is 23.5 Å². The number of hydrogen-bond acceptors (Lipinski definition) is 5. The highest BCUT2D eigenvalue weighted by atomic mass is 127. The molecule has 0 saturated carbocycles. The fraction of sp³-hybridized carbons (Fsp3) is 0.238. The Balaban J connectivity index is 1.86. The van der Waals surface area contributed by atoms with Crippen LogP contribution in [0, 0.1) is 9.39 Å². The van der Waals surface area contributed by atoms with Crippen LogP contribution in [0.1, 0.15) is 25.0 Å². The molecule has 0 aromatic heterocycles. The van der Waals surface area contributed by atoms with Gasteiger partial charge >= 0.3 is 0 Å². The second-order valence-electron chi connectivity index (χ2n) is 6.09. The van der Waals surface area contributed by atoms with Gasteiger partial charge in [-0.25, -0.2) is 4.39 Å². The fourth-order valence-electron chi connectivity index (χ4n) is 2.78. The van der Waals surface area contributed by atoms with E-state index in [2.05, 4.69) is 22.6 Å². The molecule has 29 heavy (non-hydrogen) atoms. The molecule has 8 heteroatoms. The summed E-state index contributed by atoms with van der Waals surface area (Å²) in [6.07, 6.45) is 1.68. The van der Waals surface area contributed by atoms with E-state index in [1.807, 2.05) is 19.9 Å². The topological polar surface area (TPSA) is 55.8 Å². The predicted octanol–water partition coefficient (Wildman–Crippen LogP) is 5.46. The number of hydrogen-bond donors (Lipinski definition) is 0. The largest absolute Gasteiger partial charge is 0.490 e. The molecule has 0 radical (unpaired) electrons. The number of benzene rings is 2. The summed E-state index contributed by atoms with van der Waals surface area (Å²) >= 11 is 3.05. The molecule has 152 valence electrons. The summed E-state index contributed by atoms with van der Waals surface area (Å²) in [5.41, 5.74) is 1.43. The Kier molecular flexibility index (Phi) is 7.18. The number of halogens is 2. The average Bonchev–Trinajstić information content (AvgIpc) is 2.94. The van der Waals surface area contributed by atoms with Crippen molar-refractivity contribution in [1.29, 1.82) is 0 Å². The molecule has 0 atom stereocenters. The maximum atomic E-state index is 13.1. The van der Waals surface area contributed by atoms with Crippen molar-refractivity contribution in [1.82, 2.24) is 4.90 Å². The molecule has 1 aliphatic rings. The number of nitrogens with zero attached hydrogens (tertiary/aromatic N) is 1. The van der Waals surface area contributed by atoms with Gasteiger partial charge in [0.25, 0.3) is 11.1 Å². The zero-order chi connectivity index (χ0) is 21.0. The van der Waals surface area contributed by atoms with E-state index < -0.39 is 0 Å². The first-order valence-corrected chi connectivity index (χ1v) is 10.9. The molecule has 0 unspecified atom stereocenters. The van der Waals surface area contributed by atoms with Gasteiger partial charge in [-0.15, -0.1) is 0 Å². The minimum absolute atomic E-state index is 0.104. The Labute approximate surface area is 186 Å². The average molecular weight is 527 g/mol. The van der Waals surface area contributed by atoms with Crippen LogP contribution in [-0.2, 0) is 11.3 Å². The molecule has 1 heterocycles. The third-order valence-corrected chi connectivity index (χ3v) is 5.75. The highest BCUT2D eigenvalue weighted by Crippen LogP contribution is 2.37. The number of thioether (sulfide) groups is 1. The minimum Gasteiger partial charge on any atom is -0.490 e. The lowest BCUT2D eigenvalue weighted by Gasteiger charge is -2.14. The van der Waals surface area contributed by atoms with Crippen molar-refractivity contribution in [2.75, 3.05) is 13.2 Å². The van der Waals surface area contributed by atoms with Crippen LogP contribution in [0.2, 0.25) is 0 Å². The lowest BCUT2D eigenvalue weighted by atomic mass is 10.1. The molecule has 1 aliphatic heterocycles. The monoisotopic (exact) mass is 527 g/mol. The summed E-state index contributed by atoms with van der Waals surface area (Å²) in [6, 6.07) is 9.41. The third-order valence-electron chi connectivity index (χ3n) is 4.05. The van der Waals surface area contributed by atoms with Crippen LogP contribution in [0.4, 0.5) is 9.18 Å². The molecule has 0 N–H and O–H groups in total. The Morgan fingerprint density at radius 1 is 1.10 bits per heavy atom. The van der Waals surface area contributed by atoms with Gasteiger partial charge in [0.05, 0.1) is 28.2 Å². The van der Waals surface area contributed by atoms with E-state index in [0.29, 0.717) is 35.2 Å². The van der Waals surface area contributed by atoms with E-state index >= 15 is 0 Å². The maximum absolute atomic E-state index is 13.1. The lowest BCUT2D eigenvalue weighted by Crippen LogP contribution is -2.27. The smallest absolute Gasteiger partial charge is 0.293 e. The second-order valence-corrected chi connectivity index (χ2v) is 8.25. The Morgan fingerprint density at radius 2 is 1.79 bits per heavy atom. The van der Waals surface area contributed by atoms with Gasteiger partial charge in [-0.1, -0.05) is 12.1 Å². The van der Waals surface area contributed by atoms with Crippen LogP contribution in [0.25, 0.3) is 6.08 Å². The van der Waals surface area contributed by atoms with E-state index in [9.17, 15) is 14.0 Å². The highest BCUT2D eigenvalue weighted by Gasteiger charge is 2.35. The summed E-state index contributed by atoms with van der Waals surface area (Å²) in [5, 5.41) is -0.351. The molecule has 1 saturated heterocycles. The number of amides is 2. The van der Waals surface area contributed by atoms with Gasteiger partial charge in [0.2, 0.25) is 0 Å².